The first-order chi connectivity index (χ1) is 2.41. The minimum atomic E-state index is 0.608. The van der Waals surface area contributed by atoms with E-state index in [9.17, 15) is 0 Å². The smallest absolute Gasteiger partial charge is 0.119 e. The Morgan fingerprint density at radius 2 is 3.25 bits per heavy atom. The van der Waals surface area contributed by atoms with Gasteiger partial charge in [-0.05, 0) is 0 Å². The van der Waals surface area contributed by atoms with Gasteiger partial charge in [-0.15, -0.1) is 6.40 Å². The van der Waals surface area contributed by atoms with E-state index in [1.165, 1.54) is 0 Å². The van der Waals surface area contributed by atoms with Gasteiger partial charge in [0.2, 0.25) is 0 Å². The molecule has 0 heterocycles. The van der Waals surface area contributed by atoms with Crippen molar-refractivity contribution in [2.75, 3.05) is 5.33 Å². The SMILES string of the molecule is [2H]C#CCBr. The minimum Gasteiger partial charge on any atom is -0.119 e. The minimum absolute atomic E-state index is 0.608. The third-order valence-electron chi connectivity index (χ3n) is 0.0668. The first-order valence-electron chi connectivity index (χ1n) is 1.37. The highest BCUT2D eigenvalue weighted by molar-refractivity contribution is 9.09. The van der Waals surface area contributed by atoms with Crippen LogP contribution in [-0.2, 0) is 0 Å². The van der Waals surface area contributed by atoms with Gasteiger partial charge in [-0.25, -0.2) is 0 Å². The van der Waals surface area contributed by atoms with Gasteiger partial charge in [0.05, 0.1) is 5.33 Å². The van der Waals surface area contributed by atoms with Crippen molar-refractivity contribution in [2.45, 2.75) is 0 Å². The van der Waals surface area contributed by atoms with Crippen LogP contribution < -0.4 is 0 Å². The van der Waals surface area contributed by atoms with Crippen molar-refractivity contribution in [2.24, 2.45) is 0 Å². The van der Waals surface area contributed by atoms with Crippen molar-refractivity contribution in [1.29, 1.82) is 0 Å². The van der Waals surface area contributed by atoms with E-state index < -0.39 is 0 Å². The van der Waals surface area contributed by atoms with E-state index in [1.807, 2.05) is 6.40 Å². The molecule has 0 N–H and O–H groups in total. The van der Waals surface area contributed by atoms with Crippen molar-refractivity contribution < 1.29 is 1.37 Å². The zero-order valence-corrected chi connectivity index (χ0v) is 3.67. The molecule has 0 fully saturated rings. The summed E-state index contributed by atoms with van der Waals surface area (Å²) in [6.07, 6.45) is 1.97. The van der Waals surface area contributed by atoms with Gasteiger partial charge in [-0.3, -0.25) is 0 Å². The Hall–Kier alpha value is 0.0400. The van der Waals surface area contributed by atoms with Crippen LogP contribution in [0.25, 0.3) is 0 Å². The van der Waals surface area contributed by atoms with Gasteiger partial charge in [-0.1, -0.05) is 21.9 Å². The van der Waals surface area contributed by atoms with Crippen molar-refractivity contribution in [1.82, 2.24) is 0 Å². The van der Waals surface area contributed by atoms with E-state index in [4.69, 9.17) is 1.37 Å². The standard InChI is InChI=1S/C3H3Br/c1-2-3-4/h1H,3H2/i1D. The number of terminal acetylenes is 1. The summed E-state index contributed by atoms with van der Waals surface area (Å²) in [5.41, 5.74) is 0. The molecular formula is C3H3Br. The van der Waals surface area contributed by atoms with Crippen LogP contribution in [0, 0.1) is 12.3 Å². The van der Waals surface area contributed by atoms with Gasteiger partial charge in [0, 0.05) is 0 Å². The average Bonchev–Trinajstić information content (AvgIpc) is 1.41. The molecule has 0 aliphatic carbocycles. The lowest BCUT2D eigenvalue weighted by molar-refractivity contribution is 2.02. The van der Waals surface area contributed by atoms with Crippen molar-refractivity contribution >= 4 is 15.9 Å². The second kappa shape index (κ2) is 3.04. The van der Waals surface area contributed by atoms with Crippen molar-refractivity contribution in [3.8, 4) is 12.3 Å². The molecule has 0 spiro atoms. The number of hydrogen-bond donors (Lipinski definition) is 0. The van der Waals surface area contributed by atoms with E-state index in [2.05, 4.69) is 21.9 Å². The predicted molar refractivity (Wildman–Crippen MR) is 22.6 cm³/mol. The summed E-state index contributed by atoms with van der Waals surface area (Å²) < 4.78 is 6.21. The molecule has 0 unspecified atom stereocenters. The lowest BCUT2D eigenvalue weighted by atomic mass is 10.9. The van der Waals surface area contributed by atoms with Crippen LogP contribution in [-0.4, -0.2) is 5.33 Å². The molecule has 0 radical (unpaired) electrons. The molecule has 0 aliphatic heterocycles. The quantitative estimate of drug-likeness (QED) is 0.330. The molecule has 0 aromatic rings. The molecule has 22 valence electrons. The molecule has 0 saturated heterocycles. The van der Waals surface area contributed by atoms with Gasteiger partial charge < -0.3 is 0 Å². The zero-order chi connectivity index (χ0) is 4.12. The molecular weight excluding hydrogens is 116 g/mol. The fraction of sp³-hybridized carbons (Fsp3) is 0.333. The predicted octanol–water partition coefficient (Wildman–Crippen LogP) is 1.01. The van der Waals surface area contributed by atoms with E-state index in [0.717, 1.165) is 0 Å². The first kappa shape index (κ1) is 2.29. The largest absolute Gasteiger partial charge is 0.124 e. The first-order valence-corrected chi connectivity index (χ1v) is 1.99. The summed E-state index contributed by atoms with van der Waals surface area (Å²) in [5.74, 6) is 2.44. The maximum absolute atomic E-state index is 6.21. The lowest BCUT2D eigenvalue weighted by Crippen LogP contribution is -1.45. The normalized spacial score (nSPS) is 6.75. The van der Waals surface area contributed by atoms with Gasteiger partial charge in [0.25, 0.3) is 0 Å². The van der Waals surface area contributed by atoms with Crippen LogP contribution in [0.2, 0.25) is 0 Å². The molecule has 0 atom stereocenters. The average molecular weight is 120 g/mol. The number of alkyl halides is 1. The second-order valence-electron chi connectivity index (χ2n) is 0.310. The summed E-state index contributed by atoms with van der Waals surface area (Å²) in [5, 5.41) is 0.608. The van der Waals surface area contributed by atoms with Gasteiger partial charge in [0.1, 0.15) is 1.37 Å². The topological polar surface area (TPSA) is 0 Å². The number of halogens is 1. The highest BCUT2D eigenvalue weighted by Crippen LogP contribution is 1.68. The van der Waals surface area contributed by atoms with Crippen molar-refractivity contribution in [3.63, 3.8) is 0 Å². The third-order valence-corrected chi connectivity index (χ3v) is 0.347. The van der Waals surface area contributed by atoms with E-state index in [0.29, 0.717) is 5.33 Å². The Labute approximate surface area is 35.7 Å². The maximum atomic E-state index is 6.21. The molecule has 0 aliphatic rings. The van der Waals surface area contributed by atoms with Crippen LogP contribution in [0.15, 0.2) is 0 Å². The summed E-state index contributed by atoms with van der Waals surface area (Å²) in [6, 6.07) is 0. The molecule has 4 heavy (non-hydrogen) atoms. The van der Waals surface area contributed by atoms with Crippen LogP contribution in [0.1, 0.15) is 1.37 Å². The van der Waals surface area contributed by atoms with E-state index >= 15 is 0 Å². The second-order valence-corrected chi connectivity index (χ2v) is 0.871. The van der Waals surface area contributed by atoms with E-state index in [1.54, 1.807) is 0 Å². The summed E-state index contributed by atoms with van der Waals surface area (Å²) >= 11 is 3.02. The molecule has 0 saturated carbocycles. The Balaban J connectivity index is 2.81. The molecule has 0 amide bonds. The maximum Gasteiger partial charge on any atom is 0.124 e. The molecule has 1 heteroatoms. The Morgan fingerprint density at radius 3 is 3.25 bits per heavy atom. The summed E-state index contributed by atoms with van der Waals surface area (Å²) in [7, 11) is 0. The fourth-order valence-corrected chi connectivity index (χ4v) is 0. The number of hydrogen-bond acceptors (Lipinski definition) is 0. The number of rotatable bonds is 0. The monoisotopic (exact) mass is 119 g/mol. The Bertz CT molecular complexity index is 59.0. The van der Waals surface area contributed by atoms with Gasteiger partial charge in [0.15, 0.2) is 0 Å². The summed E-state index contributed by atoms with van der Waals surface area (Å²) in [6.45, 7) is 0. The van der Waals surface area contributed by atoms with Crippen LogP contribution in [0.3, 0.4) is 0 Å². The highest BCUT2D eigenvalue weighted by atomic mass is 79.9. The highest BCUT2D eigenvalue weighted by Gasteiger charge is 1.46. The fourth-order valence-electron chi connectivity index (χ4n) is 0. The van der Waals surface area contributed by atoms with Crippen LogP contribution in [0.5, 0.6) is 0 Å². The lowest BCUT2D eigenvalue weighted by Gasteiger charge is -1.50. The molecule has 0 bridgehead atoms. The zero-order valence-electron chi connectivity index (χ0n) is 3.09. The molecule has 0 rings (SSSR count). The summed E-state index contributed by atoms with van der Waals surface area (Å²) in [4.78, 5) is 0. The van der Waals surface area contributed by atoms with Crippen LogP contribution >= 0.6 is 15.9 Å². The molecule has 0 aromatic carbocycles. The van der Waals surface area contributed by atoms with Crippen molar-refractivity contribution in [3.05, 3.63) is 0 Å². The van der Waals surface area contributed by atoms with E-state index in [-0.39, 0.29) is 0 Å². The Morgan fingerprint density at radius 1 is 2.50 bits per heavy atom. The van der Waals surface area contributed by atoms with Gasteiger partial charge in [-0.2, -0.15) is 0 Å². The molecule has 0 aromatic heterocycles. The molecule has 0 nitrogen and oxygen atoms in total. The Kier molecular flexibility index (Phi) is 1.74. The third kappa shape index (κ3) is 2.04. The van der Waals surface area contributed by atoms with Crippen LogP contribution in [0.4, 0.5) is 0 Å². The van der Waals surface area contributed by atoms with Gasteiger partial charge >= 0.3 is 0 Å².